The minimum Gasteiger partial charge on any atom is -0.497 e. The van der Waals surface area contributed by atoms with Gasteiger partial charge in [0.1, 0.15) is 5.75 Å². The van der Waals surface area contributed by atoms with Crippen LogP contribution >= 0.6 is 0 Å². The van der Waals surface area contributed by atoms with Gasteiger partial charge in [0, 0.05) is 11.9 Å². The maximum atomic E-state index is 11.3. The summed E-state index contributed by atoms with van der Waals surface area (Å²) in [4.78, 5) is 19.8. The summed E-state index contributed by atoms with van der Waals surface area (Å²) in [5.41, 5.74) is 8.77. The van der Waals surface area contributed by atoms with Crippen molar-refractivity contribution in [1.82, 2.24) is 4.98 Å². The molecule has 0 aliphatic heterocycles. The summed E-state index contributed by atoms with van der Waals surface area (Å²) in [5.74, 6) is -0.314. The molecule has 1 heterocycles. The van der Waals surface area contributed by atoms with Crippen LogP contribution in [-0.2, 0) is 0 Å². The molecule has 0 bridgehead atoms. The molecule has 130 valence electrons. The number of hydrogen-bond acceptors (Lipinski definition) is 6. The van der Waals surface area contributed by atoms with Crippen molar-refractivity contribution >= 4 is 23.1 Å². The minimum absolute atomic E-state index is 0.103. The number of carbonyl (C=O) groups is 1. The molecule has 0 aliphatic carbocycles. The number of carboxylic acids is 1. The van der Waals surface area contributed by atoms with Gasteiger partial charge in [-0.15, -0.1) is 0 Å². The van der Waals surface area contributed by atoms with Crippen LogP contribution in [0.25, 0.3) is 0 Å². The van der Waals surface area contributed by atoms with E-state index in [1.54, 1.807) is 21.0 Å². The highest BCUT2D eigenvalue weighted by atomic mass is 16.5. The zero-order valence-corrected chi connectivity index (χ0v) is 14.3. The predicted molar refractivity (Wildman–Crippen MR) is 97.5 cm³/mol. The molecule has 0 aliphatic rings. The summed E-state index contributed by atoms with van der Waals surface area (Å²) in [7, 11) is 1.60. The molecule has 0 amide bonds. The number of nitrogens with two attached hydrogens (primary N) is 1. The third-order valence-corrected chi connectivity index (χ3v) is 3.44. The molecule has 0 saturated heterocycles. The Balaban J connectivity index is 2.34. The first kappa shape index (κ1) is 18.0. The lowest BCUT2D eigenvalue weighted by molar-refractivity contribution is 0.0698. The average Bonchev–Trinajstić information content (AvgIpc) is 2.60. The van der Waals surface area contributed by atoms with Crippen molar-refractivity contribution < 1.29 is 14.6 Å². The molecule has 0 spiro atoms. The largest absolute Gasteiger partial charge is 0.497 e. The van der Waals surface area contributed by atoms with E-state index in [1.165, 1.54) is 18.5 Å². The highest BCUT2D eigenvalue weighted by Gasteiger charge is 2.13. The Morgan fingerprint density at radius 2 is 1.92 bits per heavy atom. The van der Waals surface area contributed by atoms with Gasteiger partial charge in [-0.1, -0.05) is 0 Å². The van der Waals surface area contributed by atoms with Crippen LogP contribution in [0.15, 0.2) is 59.1 Å². The van der Waals surface area contributed by atoms with Crippen LogP contribution in [0, 0.1) is 0 Å². The molecule has 0 saturated carbocycles. The fourth-order valence-electron chi connectivity index (χ4n) is 2.20. The van der Waals surface area contributed by atoms with Gasteiger partial charge in [0.2, 0.25) is 0 Å². The topological polar surface area (TPSA) is 110 Å². The first-order chi connectivity index (χ1) is 11.9. The van der Waals surface area contributed by atoms with Gasteiger partial charge >= 0.3 is 5.97 Å². The van der Waals surface area contributed by atoms with Gasteiger partial charge in [-0.3, -0.25) is 9.98 Å². The lowest BCUT2D eigenvalue weighted by Crippen LogP contribution is -2.16. The number of nitrogens with zero attached hydrogens (tertiary/aromatic N) is 2. The summed E-state index contributed by atoms with van der Waals surface area (Å²) in [6.07, 6.45) is 2.86. The van der Waals surface area contributed by atoms with Crippen molar-refractivity contribution in [3.8, 4) is 5.75 Å². The number of hydrogen-bond donors (Lipinski definition) is 3. The van der Waals surface area contributed by atoms with Crippen molar-refractivity contribution in [1.29, 1.82) is 0 Å². The van der Waals surface area contributed by atoms with Crippen LogP contribution in [0.4, 0.5) is 11.4 Å². The Labute approximate surface area is 145 Å². The van der Waals surface area contributed by atoms with E-state index in [9.17, 15) is 9.90 Å². The zero-order chi connectivity index (χ0) is 18.4. The van der Waals surface area contributed by atoms with E-state index in [4.69, 9.17) is 10.5 Å². The minimum atomic E-state index is -1.05. The van der Waals surface area contributed by atoms with E-state index >= 15 is 0 Å². The monoisotopic (exact) mass is 340 g/mol. The summed E-state index contributed by atoms with van der Waals surface area (Å²) < 4.78 is 5.12. The molecule has 7 heteroatoms. The van der Waals surface area contributed by atoms with E-state index in [2.05, 4.69) is 15.3 Å². The molecule has 7 nitrogen and oxygen atoms in total. The maximum absolute atomic E-state index is 11.3. The van der Waals surface area contributed by atoms with E-state index in [0.29, 0.717) is 22.8 Å². The Morgan fingerprint density at radius 3 is 2.48 bits per heavy atom. The maximum Gasteiger partial charge on any atom is 0.337 e. The Kier molecular flexibility index (Phi) is 5.73. The number of anilines is 1. The van der Waals surface area contributed by atoms with Crippen molar-refractivity contribution in [2.75, 3.05) is 12.4 Å². The standard InChI is InChI=1S/C18H20N4O3/c1-11(19)17(22-16-10-20-9-8-15(16)18(23)24)12(2)21-13-4-6-14(25-3)7-5-13/h4-10,22H,19H2,1-3H3,(H,23,24). The third kappa shape index (κ3) is 4.57. The summed E-state index contributed by atoms with van der Waals surface area (Å²) in [6, 6.07) is 8.67. The molecule has 2 aromatic rings. The number of allylic oxidation sites excluding steroid dienone is 2. The molecule has 1 aromatic heterocycles. The highest BCUT2D eigenvalue weighted by Crippen LogP contribution is 2.21. The lowest BCUT2D eigenvalue weighted by Gasteiger charge is -2.14. The van der Waals surface area contributed by atoms with E-state index in [1.807, 2.05) is 24.3 Å². The molecular weight excluding hydrogens is 320 g/mol. The lowest BCUT2D eigenvalue weighted by atomic mass is 10.2. The van der Waals surface area contributed by atoms with Gasteiger partial charge < -0.3 is 20.9 Å². The van der Waals surface area contributed by atoms with Crippen LogP contribution in [-0.4, -0.2) is 28.9 Å². The summed E-state index contributed by atoms with van der Waals surface area (Å²) in [6.45, 7) is 3.51. The van der Waals surface area contributed by atoms with Gasteiger partial charge in [0.25, 0.3) is 0 Å². The fourth-order valence-corrected chi connectivity index (χ4v) is 2.20. The van der Waals surface area contributed by atoms with Gasteiger partial charge in [0.05, 0.1) is 41.7 Å². The Morgan fingerprint density at radius 1 is 1.24 bits per heavy atom. The molecule has 0 fully saturated rings. The molecule has 0 atom stereocenters. The van der Waals surface area contributed by atoms with Crippen molar-refractivity contribution in [3.05, 3.63) is 59.7 Å². The molecule has 1 aromatic carbocycles. The second kappa shape index (κ2) is 7.96. The van der Waals surface area contributed by atoms with Crippen LogP contribution in [0.3, 0.4) is 0 Å². The van der Waals surface area contributed by atoms with Crippen LogP contribution < -0.4 is 15.8 Å². The van der Waals surface area contributed by atoms with E-state index < -0.39 is 5.97 Å². The number of nitrogens with one attached hydrogen (secondary N) is 1. The molecular formula is C18H20N4O3. The van der Waals surface area contributed by atoms with Gasteiger partial charge in [-0.05, 0) is 44.2 Å². The predicted octanol–water partition coefficient (Wildman–Crippen LogP) is 3.18. The number of ether oxygens (including phenoxy) is 1. The first-order valence-corrected chi connectivity index (χ1v) is 7.52. The SMILES string of the molecule is COc1ccc(N=C(C)C(Nc2cnccc2C(=O)O)=C(C)N)cc1. The van der Waals surface area contributed by atoms with Crippen molar-refractivity contribution in [3.63, 3.8) is 0 Å². The molecule has 0 unspecified atom stereocenters. The first-order valence-electron chi connectivity index (χ1n) is 7.52. The highest BCUT2D eigenvalue weighted by molar-refractivity contribution is 6.04. The fraction of sp³-hybridized carbons (Fsp3) is 0.167. The number of aliphatic imine (C=N–C) groups is 1. The molecule has 0 radical (unpaired) electrons. The van der Waals surface area contributed by atoms with Gasteiger partial charge in [0.15, 0.2) is 0 Å². The zero-order valence-electron chi connectivity index (χ0n) is 14.3. The quantitative estimate of drug-likeness (QED) is 0.697. The van der Waals surface area contributed by atoms with Crippen LogP contribution in [0.1, 0.15) is 24.2 Å². The smallest absolute Gasteiger partial charge is 0.337 e. The second-order valence-corrected chi connectivity index (χ2v) is 5.30. The summed E-state index contributed by atoms with van der Waals surface area (Å²) in [5, 5.41) is 12.3. The summed E-state index contributed by atoms with van der Waals surface area (Å²) >= 11 is 0. The number of aromatic nitrogens is 1. The Bertz CT molecular complexity index is 822. The Hall–Kier alpha value is -3.35. The normalized spacial score (nSPS) is 12.4. The number of benzene rings is 1. The van der Waals surface area contributed by atoms with Crippen molar-refractivity contribution in [2.45, 2.75) is 13.8 Å². The van der Waals surface area contributed by atoms with Crippen LogP contribution in [0.2, 0.25) is 0 Å². The van der Waals surface area contributed by atoms with Gasteiger partial charge in [-0.2, -0.15) is 0 Å². The van der Waals surface area contributed by atoms with Crippen LogP contribution in [0.5, 0.6) is 5.75 Å². The van der Waals surface area contributed by atoms with E-state index in [-0.39, 0.29) is 5.56 Å². The third-order valence-electron chi connectivity index (χ3n) is 3.44. The molecule has 2 rings (SSSR count). The second-order valence-electron chi connectivity index (χ2n) is 5.30. The number of carboxylic acid groups (broad SMARTS) is 1. The molecule has 4 N–H and O–H groups in total. The molecule has 25 heavy (non-hydrogen) atoms. The van der Waals surface area contributed by atoms with E-state index in [0.717, 1.165) is 11.4 Å². The number of methoxy groups -OCH3 is 1. The average molecular weight is 340 g/mol. The number of aromatic carboxylic acids is 1. The van der Waals surface area contributed by atoms with Crippen molar-refractivity contribution in [2.24, 2.45) is 10.7 Å². The van der Waals surface area contributed by atoms with Gasteiger partial charge in [-0.25, -0.2) is 4.79 Å². The number of rotatable bonds is 6. The number of pyridine rings is 1.